The minimum Gasteiger partial charge on any atom is -0.342 e. The highest BCUT2D eigenvalue weighted by Crippen LogP contribution is 2.39. The Morgan fingerprint density at radius 3 is 2.71 bits per heavy atom. The average Bonchev–Trinajstić information content (AvgIpc) is 3.37. The maximum absolute atomic E-state index is 6.37. The van der Waals surface area contributed by atoms with Crippen LogP contribution in [0.3, 0.4) is 0 Å². The predicted octanol–water partition coefficient (Wildman–Crippen LogP) is 4.91. The van der Waals surface area contributed by atoms with Gasteiger partial charge < -0.3 is 10.2 Å². The molecule has 0 amide bonds. The Morgan fingerprint density at radius 1 is 1.07 bits per heavy atom. The maximum atomic E-state index is 6.37. The van der Waals surface area contributed by atoms with E-state index >= 15 is 0 Å². The first kappa shape index (κ1) is 18.6. The molecule has 0 saturated carbocycles. The zero-order valence-corrected chi connectivity index (χ0v) is 17.7. The number of aromatic nitrogens is 3. The lowest BCUT2D eigenvalue weighted by atomic mass is 9.86. The van der Waals surface area contributed by atoms with Crippen molar-refractivity contribution in [3.05, 3.63) is 46.8 Å². The average molecular weight is 434 g/mol. The molecule has 0 aliphatic carbocycles. The third kappa shape index (κ3) is 3.26. The molecule has 0 unspecified atom stereocenters. The highest BCUT2D eigenvalue weighted by molar-refractivity contribution is 7.99. The first-order chi connectivity index (χ1) is 13.7. The maximum Gasteiger partial charge on any atom is 0.211 e. The number of benzene rings is 1. The summed E-state index contributed by atoms with van der Waals surface area (Å²) < 4.78 is 2.08. The van der Waals surface area contributed by atoms with Crippen LogP contribution < -0.4 is 10.2 Å². The summed E-state index contributed by atoms with van der Waals surface area (Å²) in [6.07, 6.45) is 10.6. The summed E-state index contributed by atoms with van der Waals surface area (Å²) in [7, 11) is 0. The normalized spacial score (nSPS) is 19.0. The van der Waals surface area contributed by atoms with Crippen molar-refractivity contribution >= 4 is 46.6 Å². The van der Waals surface area contributed by atoms with E-state index < -0.39 is 0 Å². The summed E-state index contributed by atoms with van der Waals surface area (Å²) in [4.78, 5) is 13.6. The Hall–Kier alpha value is -1.47. The molecule has 28 heavy (non-hydrogen) atoms. The van der Waals surface area contributed by atoms with Crippen LogP contribution >= 0.6 is 35.0 Å². The van der Waals surface area contributed by atoms with Crippen LogP contribution in [0.2, 0.25) is 10.0 Å². The molecule has 1 spiro atoms. The van der Waals surface area contributed by atoms with Gasteiger partial charge >= 0.3 is 0 Å². The largest absolute Gasteiger partial charge is 0.342 e. The van der Waals surface area contributed by atoms with Gasteiger partial charge in [0.25, 0.3) is 0 Å². The van der Waals surface area contributed by atoms with Gasteiger partial charge in [-0.15, -0.1) is 0 Å². The van der Waals surface area contributed by atoms with Gasteiger partial charge in [-0.1, -0.05) is 41.0 Å². The lowest BCUT2D eigenvalue weighted by molar-refractivity contribution is 0.295. The second-order valence-corrected chi connectivity index (χ2v) is 9.36. The Morgan fingerprint density at radius 2 is 1.93 bits per heavy atom. The monoisotopic (exact) mass is 433 g/mol. The Balaban J connectivity index is 1.43. The number of piperidine rings is 1. The molecule has 1 aromatic carbocycles. The number of nitrogens with zero attached hydrogens (tertiary/aromatic N) is 4. The Kier molecular flexibility index (Phi) is 4.91. The fraction of sp³-hybridized carbons (Fsp3) is 0.400. The first-order valence-electron chi connectivity index (χ1n) is 9.59. The van der Waals surface area contributed by atoms with Crippen molar-refractivity contribution in [2.24, 2.45) is 0 Å². The van der Waals surface area contributed by atoms with E-state index in [1.807, 2.05) is 30.7 Å². The van der Waals surface area contributed by atoms with Gasteiger partial charge in [0.15, 0.2) is 5.65 Å². The number of rotatable bonds is 3. The zero-order chi connectivity index (χ0) is 19.1. The zero-order valence-electron chi connectivity index (χ0n) is 15.4. The van der Waals surface area contributed by atoms with E-state index in [9.17, 15) is 0 Å². The molecular formula is C20H21Cl2N5S. The standard InChI is InChI=1S/C20H21Cl2N5S/c21-14-3-1-4-15(17(14)22)28-16-13-24-19(27-12-9-23-18(16)27)26-10-6-20(7-11-26)5-2-8-25-20/h1,3-4,9,12-13,25H,2,5-8,10-11H2. The van der Waals surface area contributed by atoms with Gasteiger partial charge in [-0.25, -0.2) is 9.97 Å². The minimum absolute atomic E-state index is 0.351. The number of hydrogen-bond donors (Lipinski definition) is 1. The quantitative estimate of drug-likeness (QED) is 0.635. The van der Waals surface area contributed by atoms with Crippen LogP contribution in [0.5, 0.6) is 0 Å². The van der Waals surface area contributed by atoms with Crippen molar-refractivity contribution in [3.63, 3.8) is 0 Å². The summed E-state index contributed by atoms with van der Waals surface area (Å²) >= 11 is 14.1. The van der Waals surface area contributed by atoms with Crippen molar-refractivity contribution < 1.29 is 0 Å². The number of halogens is 2. The smallest absolute Gasteiger partial charge is 0.211 e. The summed E-state index contributed by atoms with van der Waals surface area (Å²) in [6.45, 7) is 3.18. The van der Waals surface area contributed by atoms with Crippen LogP contribution in [0.25, 0.3) is 5.65 Å². The third-order valence-electron chi connectivity index (χ3n) is 5.85. The second kappa shape index (κ2) is 7.41. The Bertz CT molecular complexity index is 1000. The number of nitrogens with one attached hydrogen (secondary N) is 1. The van der Waals surface area contributed by atoms with Crippen LogP contribution in [0, 0.1) is 0 Å². The summed E-state index contributed by atoms with van der Waals surface area (Å²) in [5, 5.41) is 4.85. The molecule has 0 radical (unpaired) electrons. The van der Waals surface area contributed by atoms with Crippen molar-refractivity contribution in [1.82, 2.24) is 19.7 Å². The molecule has 4 heterocycles. The van der Waals surface area contributed by atoms with Crippen molar-refractivity contribution in [2.75, 3.05) is 24.5 Å². The van der Waals surface area contributed by atoms with Gasteiger partial charge in [0.2, 0.25) is 5.95 Å². The van der Waals surface area contributed by atoms with Gasteiger partial charge in [0.1, 0.15) is 0 Å². The topological polar surface area (TPSA) is 45.5 Å². The van der Waals surface area contributed by atoms with Gasteiger partial charge in [0, 0.05) is 42.1 Å². The molecule has 0 bridgehead atoms. The number of imidazole rings is 1. The second-order valence-electron chi connectivity index (χ2n) is 7.50. The van der Waals surface area contributed by atoms with E-state index in [-0.39, 0.29) is 0 Å². The molecule has 8 heteroatoms. The number of anilines is 1. The molecule has 0 atom stereocenters. The van der Waals surface area contributed by atoms with Crippen molar-refractivity contribution in [1.29, 1.82) is 0 Å². The molecule has 5 nitrogen and oxygen atoms in total. The van der Waals surface area contributed by atoms with Crippen LogP contribution in [-0.2, 0) is 0 Å². The van der Waals surface area contributed by atoms with Gasteiger partial charge in [-0.2, -0.15) is 0 Å². The SMILES string of the molecule is Clc1cccc(Sc2cnc(N3CCC4(CCCN4)CC3)n3ccnc23)c1Cl. The Labute approximate surface area is 178 Å². The minimum atomic E-state index is 0.351. The van der Waals surface area contributed by atoms with E-state index in [1.165, 1.54) is 25.7 Å². The van der Waals surface area contributed by atoms with E-state index in [0.717, 1.165) is 41.0 Å². The van der Waals surface area contributed by atoms with Crippen molar-refractivity contribution in [2.45, 2.75) is 41.0 Å². The number of hydrogen-bond acceptors (Lipinski definition) is 5. The van der Waals surface area contributed by atoms with Crippen LogP contribution in [0.4, 0.5) is 5.95 Å². The van der Waals surface area contributed by atoms with Gasteiger partial charge in [-0.05, 0) is 44.4 Å². The van der Waals surface area contributed by atoms with Gasteiger partial charge in [-0.3, -0.25) is 4.40 Å². The third-order valence-corrected chi connectivity index (χ3v) is 7.84. The van der Waals surface area contributed by atoms with Crippen LogP contribution in [0.15, 0.2) is 46.6 Å². The molecule has 5 rings (SSSR count). The van der Waals surface area contributed by atoms with Gasteiger partial charge in [0.05, 0.1) is 14.9 Å². The highest BCUT2D eigenvalue weighted by Gasteiger charge is 2.37. The summed E-state index contributed by atoms with van der Waals surface area (Å²) in [5.74, 6) is 0.960. The van der Waals surface area contributed by atoms with E-state index in [1.54, 1.807) is 17.8 Å². The summed E-state index contributed by atoms with van der Waals surface area (Å²) in [6, 6.07) is 5.66. The van der Waals surface area contributed by atoms with Crippen LogP contribution in [-0.4, -0.2) is 39.5 Å². The summed E-state index contributed by atoms with van der Waals surface area (Å²) in [5.41, 5.74) is 1.24. The molecule has 2 aromatic heterocycles. The molecule has 1 N–H and O–H groups in total. The molecular weight excluding hydrogens is 413 g/mol. The highest BCUT2D eigenvalue weighted by atomic mass is 35.5. The molecule has 146 valence electrons. The lowest BCUT2D eigenvalue weighted by Crippen LogP contribution is -2.50. The fourth-order valence-corrected chi connectivity index (χ4v) is 5.70. The predicted molar refractivity (Wildman–Crippen MR) is 115 cm³/mol. The van der Waals surface area contributed by atoms with E-state index in [0.29, 0.717) is 15.6 Å². The molecule has 2 aliphatic heterocycles. The molecule has 2 fully saturated rings. The van der Waals surface area contributed by atoms with Crippen molar-refractivity contribution in [3.8, 4) is 0 Å². The van der Waals surface area contributed by atoms with E-state index in [4.69, 9.17) is 28.2 Å². The molecule has 2 saturated heterocycles. The fourth-order valence-electron chi connectivity index (χ4n) is 4.30. The molecule has 2 aliphatic rings. The van der Waals surface area contributed by atoms with Crippen LogP contribution in [0.1, 0.15) is 25.7 Å². The molecule has 3 aromatic rings. The number of fused-ring (bicyclic) bond motifs is 1. The first-order valence-corrected chi connectivity index (χ1v) is 11.2. The lowest BCUT2D eigenvalue weighted by Gasteiger charge is -2.40. The van der Waals surface area contributed by atoms with E-state index in [2.05, 4.69) is 19.6 Å².